The molecule has 0 atom stereocenters. The summed E-state index contributed by atoms with van der Waals surface area (Å²) >= 11 is 0. The molecule has 2 saturated heterocycles. The van der Waals surface area contributed by atoms with Crippen molar-refractivity contribution in [1.82, 2.24) is 35.3 Å². The largest absolute Gasteiger partial charge is 0.314 e. The molecule has 7 nitrogen and oxygen atoms in total. The summed E-state index contributed by atoms with van der Waals surface area (Å²) in [6.45, 7) is 7.89. The molecule has 0 spiro atoms. The molecular weight excluding hydrogens is 242 g/mol. The minimum atomic E-state index is 0.579. The summed E-state index contributed by atoms with van der Waals surface area (Å²) in [4.78, 5) is 5.06. The number of nitrogens with zero attached hydrogens (tertiary/aromatic N) is 6. The van der Waals surface area contributed by atoms with Gasteiger partial charge in [-0.1, -0.05) is 0 Å². The molecule has 0 amide bonds. The van der Waals surface area contributed by atoms with E-state index in [1.165, 1.54) is 25.9 Å². The van der Waals surface area contributed by atoms with Crippen LogP contribution in [0.4, 0.5) is 0 Å². The van der Waals surface area contributed by atoms with Crippen LogP contribution in [0.25, 0.3) is 0 Å². The van der Waals surface area contributed by atoms with Crippen LogP contribution in [-0.2, 0) is 6.54 Å². The lowest BCUT2D eigenvalue weighted by Crippen LogP contribution is -2.62. The van der Waals surface area contributed by atoms with E-state index >= 15 is 0 Å². The van der Waals surface area contributed by atoms with E-state index in [-0.39, 0.29) is 0 Å². The van der Waals surface area contributed by atoms with Crippen LogP contribution < -0.4 is 5.32 Å². The fourth-order valence-corrected chi connectivity index (χ4v) is 3.07. The van der Waals surface area contributed by atoms with Gasteiger partial charge in [-0.05, 0) is 23.3 Å². The first kappa shape index (κ1) is 11.7. The molecule has 0 bridgehead atoms. The van der Waals surface area contributed by atoms with Crippen molar-refractivity contribution in [3.63, 3.8) is 0 Å². The Hall–Kier alpha value is -1.05. The Bertz CT molecular complexity index is 429. The van der Waals surface area contributed by atoms with Gasteiger partial charge in [0.2, 0.25) is 0 Å². The number of tetrazole rings is 1. The van der Waals surface area contributed by atoms with Gasteiger partial charge in [0.1, 0.15) is 0 Å². The number of rotatable bonds is 4. The number of hydrogen-bond donors (Lipinski definition) is 1. The highest BCUT2D eigenvalue weighted by Crippen LogP contribution is 2.34. The van der Waals surface area contributed by atoms with E-state index < -0.39 is 0 Å². The summed E-state index contributed by atoms with van der Waals surface area (Å²) in [7, 11) is 0. The van der Waals surface area contributed by atoms with Crippen LogP contribution in [0.1, 0.15) is 24.7 Å². The van der Waals surface area contributed by atoms with Crippen molar-refractivity contribution in [2.75, 3.05) is 39.3 Å². The van der Waals surface area contributed by atoms with E-state index in [0.29, 0.717) is 6.04 Å². The topological polar surface area (TPSA) is 62.1 Å². The third-order valence-corrected chi connectivity index (χ3v) is 4.42. The van der Waals surface area contributed by atoms with Crippen molar-refractivity contribution in [2.45, 2.75) is 31.5 Å². The average Bonchev–Trinajstić information content (AvgIpc) is 3.14. The number of hydrogen-bond acceptors (Lipinski definition) is 6. The Morgan fingerprint density at radius 3 is 2.63 bits per heavy atom. The third-order valence-electron chi connectivity index (χ3n) is 4.42. The van der Waals surface area contributed by atoms with E-state index in [1.807, 2.05) is 4.68 Å². The second-order valence-corrected chi connectivity index (χ2v) is 5.90. The maximum Gasteiger partial charge on any atom is 0.165 e. The average molecular weight is 263 g/mol. The van der Waals surface area contributed by atoms with Gasteiger partial charge < -0.3 is 5.32 Å². The molecule has 2 aliphatic heterocycles. The van der Waals surface area contributed by atoms with E-state index in [2.05, 4.69) is 30.6 Å². The van der Waals surface area contributed by atoms with Crippen LogP contribution in [0.2, 0.25) is 0 Å². The van der Waals surface area contributed by atoms with Crippen LogP contribution in [0, 0.1) is 0 Å². The molecule has 1 aromatic rings. The molecule has 0 radical (unpaired) electrons. The zero-order valence-electron chi connectivity index (χ0n) is 11.2. The van der Waals surface area contributed by atoms with Crippen LogP contribution in [0.5, 0.6) is 0 Å². The van der Waals surface area contributed by atoms with Crippen molar-refractivity contribution < 1.29 is 0 Å². The predicted octanol–water partition coefficient (Wildman–Crippen LogP) is -0.903. The lowest BCUT2D eigenvalue weighted by Gasteiger charge is -2.46. The lowest BCUT2D eigenvalue weighted by molar-refractivity contribution is 0.0199. The second-order valence-electron chi connectivity index (χ2n) is 5.90. The van der Waals surface area contributed by atoms with Crippen molar-refractivity contribution in [1.29, 1.82) is 0 Å². The van der Waals surface area contributed by atoms with E-state index in [4.69, 9.17) is 0 Å². The standard InChI is InChI=1S/C12H21N7/c1-2-10(1)19-12(14-15-16-19)9-17-7-11(8-17)18-5-3-13-4-6-18/h10-11,13H,1-9H2. The first-order valence-corrected chi connectivity index (χ1v) is 7.34. The highest BCUT2D eigenvalue weighted by Gasteiger charge is 2.34. The SMILES string of the molecule is C1CN(C2CN(Cc3nnnn3C3CC3)C2)CCN1. The Morgan fingerprint density at radius 2 is 1.89 bits per heavy atom. The molecule has 104 valence electrons. The van der Waals surface area contributed by atoms with Gasteiger partial charge in [-0.25, -0.2) is 4.68 Å². The number of nitrogens with one attached hydrogen (secondary N) is 1. The summed E-state index contributed by atoms with van der Waals surface area (Å²) in [5.74, 6) is 1.04. The normalized spacial score (nSPS) is 26.5. The molecule has 1 N–H and O–H groups in total. The monoisotopic (exact) mass is 263 g/mol. The van der Waals surface area contributed by atoms with Crippen LogP contribution >= 0.6 is 0 Å². The minimum Gasteiger partial charge on any atom is -0.314 e. The fraction of sp³-hybridized carbons (Fsp3) is 0.917. The maximum atomic E-state index is 4.17. The van der Waals surface area contributed by atoms with Gasteiger partial charge in [0, 0.05) is 45.3 Å². The van der Waals surface area contributed by atoms with Gasteiger partial charge in [-0.2, -0.15) is 0 Å². The molecule has 1 aliphatic carbocycles. The van der Waals surface area contributed by atoms with E-state index in [0.717, 1.165) is 44.6 Å². The number of aromatic nitrogens is 4. The first-order chi connectivity index (χ1) is 9.40. The van der Waals surface area contributed by atoms with Crippen LogP contribution in [0.3, 0.4) is 0 Å². The first-order valence-electron chi connectivity index (χ1n) is 7.34. The quantitative estimate of drug-likeness (QED) is 0.759. The van der Waals surface area contributed by atoms with Gasteiger partial charge in [0.05, 0.1) is 12.6 Å². The van der Waals surface area contributed by atoms with Crippen LogP contribution in [0.15, 0.2) is 0 Å². The van der Waals surface area contributed by atoms with E-state index in [9.17, 15) is 0 Å². The zero-order chi connectivity index (χ0) is 12.7. The van der Waals surface area contributed by atoms with Crippen molar-refractivity contribution >= 4 is 0 Å². The van der Waals surface area contributed by atoms with Gasteiger partial charge in [0.15, 0.2) is 5.82 Å². The summed E-state index contributed by atoms with van der Waals surface area (Å²) in [6, 6.07) is 1.32. The smallest absolute Gasteiger partial charge is 0.165 e. The summed E-state index contributed by atoms with van der Waals surface area (Å²) in [5, 5.41) is 15.5. The van der Waals surface area contributed by atoms with Gasteiger partial charge >= 0.3 is 0 Å². The summed E-state index contributed by atoms with van der Waals surface area (Å²) in [5.41, 5.74) is 0. The van der Waals surface area contributed by atoms with E-state index in [1.54, 1.807) is 0 Å². The van der Waals surface area contributed by atoms with Gasteiger partial charge in [0.25, 0.3) is 0 Å². The zero-order valence-corrected chi connectivity index (χ0v) is 11.2. The molecule has 3 aliphatic rings. The van der Waals surface area contributed by atoms with Gasteiger partial charge in [-0.15, -0.1) is 5.10 Å². The maximum absolute atomic E-state index is 4.17. The molecule has 19 heavy (non-hydrogen) atoms. The van der Waals surface area contributed by atoms with Crippen molar-refractivity contribution in [3.05, 3.63) is 5.82 Å². The molecule has 1 saturated carbocycles. The summed E-state index contributed by atoms with van der Waals surface area (Å²) in [6.07, 6.45) is 2.48. The Morgan fingerprint density at radius 1 is 1.11 bits per heavy atom. The molecule has 3 fully saturated rings. The highest BCUT2D eigenvalue weighted by atomic mass is 15.6. The second kappa shape index (κ2) is 4.81. The Kier molecular flexibility index (Phi) is 2.97. The molecule has 7 heteroatoms. The molecule has 0 aromatic carbocycles. The van der Waals surface area contributed by atoms with Gasteiger partial charge in [-0.3, -0.25) is 9.80 Å². The molecule has 1 aromatic heterocycles. The minimum absolute atomic E-state index is 0.579. The van der Waals surface area contributed by atoms with Crippen molar-refractivity contribution in [2.24, 2.45) is 0 Å². The third kappa shape index (κ3) is 2.37. The highest BCUT2D eigenvalue weighted by molar-refractivity contribution is 4.95. The molecule has 3 heterocycles. The molecule has 4 rings (SSSR count). The summed E-state index contributed by atoms with van der Waals surface area (Å²) < 4.78 is 2.03. The molecular formula is C12H21N7. The number of likely N-dealkylation sites (tertiary alicyclic amines) is 1. The number of piperazine rings is 1. The lowest BCUT2D eigenvalue weighted by atomic mass is 10.1. The molecule has 0 unspecified atom stereocenters. The Labute approximate surface area is 112 Å². The van der Waals surface area contributed by atoms with Crippen LogP contribution in [-0.4, -0.2) is 75.3 Å². The van der Waals surface area contributed by atoms with Crippen molar-refractivity contribution in [3.8, 4) is 0 Å². The Balaban J connectivity index is 1.30. The predicted molar refractivity (Wildman–Crippen MR) is 69.6 cm³/mol. The fourth-order valence-electron chi connectivity index (χ4n) is 3.07.